The van der Waals surface area contributed by atoms with Crippen molar-refractivity contribution in [1.82, 2.24) is 9.97 Å². The number of hydrogen-bond acceptors (Lipinski definition) is 4. The number of methoxy groups -OCH3 is 1. The smallest absolute Gasteiger partial charge is 0.225 e. The van der Waals surface area contributed by atoms with E-state index >= 15 is 0 Å². The summed E-state index contributed by atoms with van der Waals surface area (Å²) in [7, 11) is 1.64. The number of anilines is 1. The predicted molar refractivity (Wildman–Crippen MR) is 77.7 cm³/mol. The highest BCUT2D eigenvalue weighted by Crippen LogP contribution is 2.59. The lowest BCUT2D eigenvalue weighted by molar-refractivity contribution is -0.0445. The number of hydrogen-bond donors (Lipinski definition) is 1. The van der Waals surface area contributed by atoms with Gasteiger partial charge in [0.1, 0.15) is 0 Å². The highest BCUT2D eigenvalue weighted by Gasteiger charge is 2.50. The van der Waals surface area contributed by atoms with Crippen LogP contribution in [0.1, 0.15) is 38.5 Å². The molecule has 0 aromatic carbocycles. The van der Waals surface area contributed by atoms with Crippen LogP contribution in [0.15, 0.2) is 12.3 Å². The summed E-state index contributed by atoms with van der Waals surface area (Å²) in [5.41, 5.74) is 0.515. The Morgan fingerprint density at radius 2 is 1.85 bits per heavy atom. The van der Waals surface area contributed by atoms with E-state index in [2.05, 4.69) is 15.3 Å². The summed E-state index contributed by atoms with van der Waals surface area (Å²) >= 11 is 0. The van der Waals surface area contributed by atoms with Gasteiger partial charge in [0, 0.05) is 18.8 Å². The van der Waals surface area contributed by atoms with E-state index in [1.807, 2.05) is 0 Å². The lowest BCUT2D eigenvalue weighted by Crippen LogP contribution is -2.49. The Labute approximate surface area is 120 Å². The first kappa shape index (κ1) is 12.4. The highest BCUT2D eigenvalue weighted by molar-refractivity contribution is 5.28. The van der Waals surface area contributed by atoms with Crippen LogP contribution in [-0.4, -0.2) is 23.6 Å². The Bertz CT molecular complexity index is 467. The maximum absolute atomic E-state index is 5.16. The molecule has 4 saturated carbocycles. The third-order valence-electron chi connectivity index (χ3n) is 5.63. The summed E-state index contributed by atoms with van der Waals surface area (Å²) in [5.74, 6) is 4.32. The maximum Gasteiger partial charge on any atom is 0.225 e. The molecule has 1 heterocycles. The van der Waals surface area contributed by atoms with Gasteiger partial charge in [0.2, 0.25) is 11.8 Å². The molecule has 0 aliphatic heterocycles. The molecule has 20 heavy (non-hydrogen) atoms. The first-order chi connectivity index (χ1) is 9.75. The first-order valence-electron chi connectivity index (χ1n) is 7.86. The Morgan fingerprint density at radius 1 is 1.20 bits per heavy atom. The van der Waals surface area contributed by atoms with Gasteiger partial charge in [-0.3, -0.25) is 0 Å². The molecule has 1 N–H and O–H groups in total. The third-order valence-corrected chi connectivity index (χ3v) is 5.63. The quantitative estimate of drug-likeness (QED) is 0.915. The average Bonchev–Trinajstić information content (AvgIpc) is 2.44. The van der Waals surface area contributed by atoms with E-state index in [0.717, 1.165) is 24.3 Å². The molecule has 4 heteroatoms. The number of ether oxygens (including phenoxy) is 1. The second-order valence-corrected chi connectivity index (χ2v) is 7.19. The molecule has 4 fully saturated rings. The standard InChI is InChI=1S/C16H23N3O/c1-20-14-2-3-17-15(19-14)18-10-16-7-11-4-12(8-16)6-13(5-11)9-16/h2-3,11-13H,4-10H2,1H3,(H,17,18,19). The largest absolute Gasteiger partial charge is 0.481 e. The van der Waals surface area contributed by atoms with Crippen molar-refractivity contribution in [2.24, 2.45) is 23.2 Å². The summed E-state index contributed by atoms with van der Waals surface area (Å²) < 4.78 is 5.16. The van der Waals surface area contributed by atoms with Gasteiger partial charge in [-0.15, -0.1) is 0 Å². The van der Waals surface area contributed by atoms with E-state index in [9.17, 15) is 0 Å². The summed E-state index contributed by atoms with van der Waals surface area (Å²) in [6.07, 6.45) is 10.5. The SMILES string of the molecule is COc1ccnc(NCC23CC4CC(CC(C4)C2)C3)n1. The van der Waals surface area contributed by atoms with Crippen LogP contribution in [0.3, 0.4) is 0 Å². The van der Waals surface area contributed by atoms with Crippen molar-refractivity contribution in [3.05, 3.63) is 12.3 Å². The maximum atomic E-state index is 5.16. The summed E-state index contributed by atoms with van der Waals surface area (Å²) in [6.45, 7) is 1.03. The van der Waals surface area contributed by atoms with Crippen molar-refractivity contribution in [3.63, 3.8) is 0 Å². The lowest BCUT2D eigenvalue weighted by Gasteiger charge is -2.56. The number of rotatable bonds is 4. The highest BCUT2D eigenvalue weighted by atomic mass is 16.5. The van der Waals surface area contributed by atoms with Crippen molar-refractivity contribution in [1.29, 1.82) is 0 Å². The minimum absolute atomic E-state index is 0.515. The zero-order chi connectivity index (χ0) is 13.6. The molecule has 4 bridgehead atoms. The van der Waals surface area contributed by atoms with Crippen LogP contribution >= 0.6 is 0 Å². The fraction of sp³-hybridized carbons (Fsp3) is 0.750. The zero-order valence-corrected chi connectivity index (χ0v) is 12.1. The van der Waals surface area contributed by atoms with E-state index in [-0.39, 0.29) is 0 Å². The molecule has 0 amide bonds. The third kappa shape index (κ3) is 2.15. The molecule has 4 aliphatic rings. The van der Waals surface area contributed by atoms with E-state index in [4.69, 9.17) is 4.74 Å². The minimum atomic E-state index is 0.515. The van der Waals surface area contributed by atoms with Crippen LogP contribution in [0, 0.1) is 23.2 Å². The van der Waals surface area contributed by atoms with E-state index in [1.165, 1.54) is 38.5 Å². The lowest BCUT2D eigenvalue weighted by atomic mass is 9.49. The van der Waals surface area contributed by atoms with Gasteiger partial charge in [-0.1, -0.05) is 0 Å². The van der Waals surface area contributed by atoms with Gasteiger partial charge in [0.05, 0.1) is 7.11 Å². The zero-order valence-electron chi connectivity index (χ0n) is 12.1. The molecule has 108 valence electrons. The van der Waals surface area contributed by atoms with Gasteiger partial charge in [-0.05, 0) is 61.7 Å². The topological polar surface area (TPSA) is 47.0 Å². The molecule has 5 rings (SSSR count). The number of aromatic nitrogens is 2. The fourth-order valence-corrected chi connectivity index (χ4v) is 5.31. The summed E-state index contributed by atoms with van der Waals surface area (Å²) in [6, 6.07) is 1.79. The van der Waals surface area contributed by atoms with Crippen molar-refractivity contribution < 1.29 is 4.74 Å². The summed E-state index contributed by atoms with van der Waals surface area (Å²) in [5, 5.41) is 3.47. The molecular weight excluding hydrogens is 250 g/mol. The minimum Gasteiger partial charge on any atom is -0.481 e. The van der Waals surface area contributed by atoms with Crippen LogP contribution in [0.5, 0.6) is 5.88 Å². The van der Waals surface area contributed by atoms with Crippen molar-refractivity contribution in [2.75, 3.05) is 19.0 Å². The molecule has 0 atom stereocenters. The van der Waals surface area contributed by atoms with Crippen molar-refractivity contribution in [2.45, 2.75) is 38.5 Å². The number of nitrogens with zero attached hydrogens (tertiary/aromatic N) is 2. The van der Waals surface area contributed by atoms with Crippen molar-refractivity contribution >= 4 is 5.95 Å². The van der Waals surface area contributed by atoms with Crippen molar-refractivity contribution in [3.8, 4) is 5.88 Å². The first-order valence-corrected chi connectivity index (χ1v) is 7.86. The second-order valence-electron chi connectivity index (χ2n) is 7.19. The van der Waals surface area contributed by atoms with Crippen LogP contribution in [0.4, 0.5) is 5.95 Å². The molecule has 0 radical (unpaired) electrons. The molecule has 1 aromatic rings. The van der Waals surface area contributed by atoms with Crippen LogP contribution in [0.2, 0.25) is 0 Å². The van der Waals surface area contributed by atoms with Crippen LogP contribution in [0.25, 0.3) is 0 Å². The predicted octanol–water partition coefficient (Wildman–Crippen LogP) is 3.11. The Kier molecular flexibility index (Phi) is 2.86. The van der Waals surface area contributed by atoms with Gasteiger partial charge in [0.25, 0.3) is 0 Å². The van der Waals surface area contributed by atoms with Gasteiger partial charge in [0.15, 0.2) is 0 Å². The molecule has 0 unspecified atom stereocenters. The van der Waals surface area contributed by atoms with Gasteiger partial charge in [-0.25, -0.2) is 4.98 Å². The normalized spacial score (nSPS) is 38.0. The Hall–Kier alpha value is -1.32. The molecule has 1 aromatic heterocycles. The molecule has 4 nitrogen and oxygen atoms in total. The van der Waals surface area contributed by atoms with E-state index < -0.39 is 0 Å². The molecule has 4 aliphatic carbocycles. The van der Waals surface area contributed by atoms with Gasteiger partial charge < -0.3 is 10.1 Å². The van der Waals surface area contributed by atoms with Gasteiger partial charge in [-0.2, -0.15) is 4.98 Å². The Morgan fingerprint density at radius 3 is 2.45 bits per heavy atom. The summed E-state index contributed by atoms with van der Waals surface area (Å²) in [4.78, 5) is 8.67. The fourth-order valence-electron chi connectivity index (χ4n) is 5.31. The van der Waals surface area contributed by atoms with Gasteiger partial charge >= 0.3 is 0 Å². The van der Waals surface area contributed by atoms with Crippen LogP contribution < -0.4 is 10.1 Å². The molecular formula is C16H23N3O. The van der Waals surface area contributed by atoms with Crippen LogP contribution in [-0.2, 0) is 0 Å². The number of nitrogens with one attached hydrogen (secondary N) is 1. The molecule has 0 saturated heterocycles. The second kappa shape index (κ2) is 4.61. The van der Waals surface area contributed by atoms with E-state index in [1.54, 1.807) is 19.4 Å². The Balaban J connectivity index is 1.46. The average molecular weight is 273 g/mol. The monoisotopic (exact) mass is 273 g/mol. The molecule has 0 spiro atoms. The van der Waals surface area contributed by atoms with E-state index in [0.29, 0.717) is 17.2 Å².